The third-order valence-electron chi connectivity index (χ3n) is 4.73. The van der Waals surface area contributed by atoms with Crippen molar-refractivity contribution < 1.29 is 13.9 Å². The van der Waals surface area contributed by atoms with E-state index in [9.17, 15) is 4.79 Å². The van der Waals surface area contributed by atoms with E-state index in [1.807, 2.05) is 59.3 Å². The normalized spacial score (nSPS) is 10.7. The lowest BCUT2D eigenvalue weighted by atomic mass is 10.2. The van der Waals surface area contributed by atoms with E-state index in [0.717, 1.165) is 33.4 Å². The Kier molecular flexibility index (Phi) is 5.54. The first-order chi connectivity index (χ1) is 14.6. The number of benzene rings is 1. The smallest absolute Gasteiger partial charge is 0.253 e. The van der Waals surface area contributed by atoms with Gasteiger partial charge in [0.15, 0.2) is 0 Å². The number of nitrogens with zero attached hydrogens (tertiary/aromatic N) is 2. The minimum Gasteiger partial charge on any atom is -0.497 e. The van der Waals surface area contributed by atoms with Crippen LogP contribution in [0.2, 0.25) is 0 Å². The maximum atomic E-state index is 12.6. The molecule has 152 valence electrons. The lowest BCUT2D eigenvalue weighted by Crippen LogP contribution is -2.23. The number of thiazole rings is 1. The molecule has 0 saturated heterocycles. The Morgan fingerprint density at radius 1 is 1.33 bits per heavy atom. The molecule has 1 amide bonds. The highest BCUT2D eigenvalue weighted by Gasteiger charge is 2.22. The van der Waals surface area contributed by atoms with Gasteiger partial charge in [-0.25, -0.2) is 4.98 Å². The van der Waals surface area contributed by atoms with Gasteiger partial charge in [0, 0.05) is 29.2 Å². The van der Waals surface area contributed by atoms with Crippen LogP contribution in [0.1, 0.15) is 16.1 Å². The molecule has 0 fully saturated rings. The Morgan fingerprint density at radius 2 is 2.13 bits per heavy atom. The average Bonchev–Trinajstić information content (AvgIpc) is 3.51. The van der Waals surface area contributed by atoms with Crippen molar-refractivity contribution in [2.45, 2.75) is 6.92 Å². The van der Waals surface area contributed by atoms with Gasteiger partial charge in [-0.1, -0.05) is 6.08 Å². The predicted molar refractivity (Wildman–Crippen MR) is 118 cm³/mol. The second-order valence-corrected chi connectivity index (χ2v) is 7.44. The SMILES string of the molecule is C=CCNC(=O)c1cc(-c2csc(-c3ccc(OC)cc3)n2)n(-c2ccco2)c1C. The molecule has 1 aromatic carbocycles. The molecule has 0 aliphatic rings. The number of rotatable bonds is 7. The van der Waals surface area contributed by atoms with E-state index in [1.54, 1.807) is 30.8 Å². The maximum absolute atomic E-state index is 12.6. The Bertz CT molecular complexity index is 1170. The van der Waals surface area contributed by atoms with Crippen molar-refractivity contribution in [1.29, 1.82) is 0 Å². The topological polar surface area (TPSA) is 69.3 Å². The van der Waals surface area contributed by atoms with E-state index < -0.39 is 0 Å². The van der Waals surface area contributed by atoms with Gasteiger partial charge in [0.25, 0.3) is 5.91 Å². The second kappa shape index (κ2) is 8.42. The number of aromatic nitrogens is 2. The Hall–Kier alpha value is -3.58. The van der Waals surface area contributed by atoms with Gasteiger partial charge < -0.3 is 14.5 Å². The van der Waals surface area contributed by atoms with E-state index in [1.165, 1.54) is 0 Å². The zero-order chi connectivity index (χ0) is 21.1. The Morgan fingerprint density at radius 3 is 2.80 bits per heavy atom. The van der Waals surface area contributed by atoms with Gasteiger partial charge in [-0.05, 0) is 43.3 Å². The molecule has 6 nitrogen and oxygen atoms in total. The molecule has 0 bridgehead atoms. The van der Waals surface area contributed by atoms with Gasteiger partial charge >= 0.3 is 0 Å². The highest BCUT2D eigenvalue weighted by Crippen LogP contribution is 2.34. The first kappa shape index (κ1) is 19.7. The molecule has 0 radical (unpaired) electrons. The van der Waals surface area contributed by atoms with Gasteiger partial charge in [-0.2, -0.15) is 0 Å². The summed E-state index contributed by atoms with van der Waals surface area (Å²) in [7, 11) is 1.64. The summed E-state index contributed by atoms with van der Waals surface area (Å²) in [6.07, 6.45) is 3.26. The number of hydrogen-bond acceptors (Lipinski definition) is 5. The van der Waals surface area contributed by atoms with Crippen LogP contribution in [0.15, 0.2) is 71.2 Å². The minimum absolute atomic E-state index is 0.162. The standard InChI is InChI=1S/C23H21N3O3S/c1-4-11-24-22(27)18-13-20(26(15(18)2)21-6-5-12-29-21)19-14-30-23(25-19)16-7-9-17(28-3)10-8-16/h4-10,12-14H,1,11H2,2-3H3,(H,24,27). The van der Waals surface area contributed by atoms with Crippen molar-refractivity contribution in [2.24, 2.45) is 0 Å². The van der Waals surface area contributed by atoms with E-state index in [-0.39, 0.29) is 5.91 Å². The van der Waals surface area contributed by atoms with Crippen molar-refractivity contribution in [1.82, 2.24) is 14.9 Å². The molecule has 0 atom stereocenters. The van der Waals surface area contributed by atoms with Crippen molar-refractivity contribution in [3.63, 3.8) is 0 Å². The maximum Gasteiger partial charge on any atom is 0.253 e. The predicted octanol–water partition coefficient (Wildman–Crippen LogP) is 5.09. The Balaban J connectivity index is 1.77. The molecule has 4 rings (SSSR count). The molecule has 3 aromatic heterocycles. The van der Waals surface area contributed by atoms with Gasteiger partial charge in [0.2, 0.25) is 5.88 Å². The number of carbonyl (C=O) groups is 1. The summed E-state index contributed by atoms with van der Waals surface area (Å²) < 4.78 is 12.8. The number of methoxy groups -OCH3 is 1. The van der Waals surface area contributed by atoms with Gasteiger partial charge in [0.1, 0.15) is 10.8 Å². The lowest BCUT2D eigenvalue weighted by Gasteiger charge is -2.07. The number of nitrogens with one attached hydrogen (secondary N) is 1. The number of hydrogen-bond donors (Lipinski definition) is 1. The van der Waals surface area contributed by atoms with Crippen LogP contribution in [0.4, 0.5) is 0 Å². The fourth-order valence-corrected chi connectivity index (χ4v) is 4.04. The lowest BCUT2D eigenvalue weighted by molar-refractivity contribution is 0.0957. The molecule has 0 saturated carbocycles. The van der Waals surface area contributed by atoms with Gasteiger partial charge in [-0.3, -0.25) is 9.36 Å². The summed E-state index contributed by atoms with van der Waals surface area (Å²) in [5.41, 5.74) is 3.92. The van der Waals surface area contributed by atoms with Crippen LogP contribution in [0.25, 0.3) is 27.8 Å². The average molecular weight is 420 g/mol. The molecule has 0 aliphatic heterocycles. The molecular weight excluding hydrogens is 398 g/mol. The molecule has 0 spiro atoms. The zero-order valence-electron chi connectivity index (χ0n) is 16.7. The van der Waals surface area contributed by atoms with Crippen LogP contribution in [-0.4, -0.2) is 29.1 Å². The molecule has 3 heterocycles. The minimum atomic E-state index is -0.162. The van der Waals surface area contributed by atoms with E-state index in [2.05, 4.69) is 11.9 Å². The second-order valence-electron chi connectivity index (χ2n) is 6.58. The van der Waals surface area contributed by atoms with Crippen molar-refractivity contribution in [3.8, 4) is 33.6 Å². The fourth-order valence-electron chi connectivity index (χ4n) is 3.22. The largest absolute Gasteiger partial charge is 0.497 e. The first-order valence-electron chi connectivity index (χ1n) is 9.38. The molecular formula is C23H21N3O3S. The highest BCUT2D eigenvalue weighted by molar-refractivity contribution is 7.13. The van der Waals surface area contributed by atoms with Gasteiger partial charge in [-0.15, -0.1) is 17.9 Å². The van der Waals surface area contributed by atoms with Crippen LogP contribution in [0.5, 0.6) is 5.75 Å². The van der Waals surface area contributed by atoms with Crippen LogP contribution in [0.3, 0.4) is 0 Å². The quantitative estimate of drug-likeness (QED) is 0.424. The molecule has 7 heteroatoms. The van der Waals surface area contributed by atoms with Crippen molar-refractivity contribution >= 4 is 17.2 Å². The summed E-state index contributed by atoms with van der Waals surface area (Å²) in [5.74, 6) is 1.27. The van der Waals surface area contributed by atoms with Crippen LogP contribution in [-0.2, 0) is 0 Å². The fraction of sp³-hybridized carbons (Fsp3) is 0.130. The number of ether oxygens (including phenoxy) is 1. The summed E-state index contributed by atoms with van der Waals surface area (Å²) >= 11 is 1.54. The van der Waals surface area contributed by atoms with E-state index >= 15 is 0 Å². The van der Waals surface area contributed by atoms with Crippen molar-refractivity contribution in [3.05, 3.63) is 78.0 Å². The van der Waals surface area contributed by atoms with Crippen molar-refractivity contribution in [2.75, 3.05) is 13.7 Å². The first-order valence-corrected chi connectivity index (χ1v) is 10.3. The van der Waals surface area contributed by atoms with Crippen LogP contribution >= 0.6 is 11.3 Å². The summed E-state index contributed by atoms with van der Waals surface area (Å²) in [5, 5.41) is 5.71. The monoisotopic (exact) mass is 419 g/mol. The van der Waals surface area contributed by atoms with Crippen LogP contribution < -0.4 is 10.1 Å². The molecule has 1 N–H and O–H groups in total. The van der Waals surface area contributed by atoms with Crippen LogP contribution in [0, 0.1) is 6.92 Å². The third-order valence-corrected chi connectivity index (χ3v) is 5.62. The third kappa shape index (κ3) is 3.67. The highest BCUT2D eigenvalue weighted by atomic mass is 32.1. The number of furan rings is 1. The number of amides is 1. The summed E-state index contributed by atoms with van der Waals surface area (Å²) in [6.45, 7) is 5.95. The Labute approximate surface area is 178 Å². The molecule has 30 heavy (non-hydrogen) atoms. The van der Waals surface area contributed by atoms with E-state index in [0.29, 0.717) is 18.0 Å². The van der Waals surface area contributed by atoms with Gasteiger partial charge in [0.05, 0.1) is 30.3 Å². The summed E-state index contributed by atoms with van der Waals surface area (Å²) in [6, 6.07) is 13.3. The van der Waals surface area contributed by atoms with E-state index in [4.69, 9.17) is 14.1 Å². The zero-order valence-corrected chi connectivity index (χ0v) is 17.5. The molecule has 0 unspecified atom stereocenters. The molecule has 4 aromatic rings. The number of carbonyl (C=O) groups excluding carboxylic acids is 1. The molecule has 0 aliphatic carbocycles. The summed E-state index contributed by atoms with van der Waals surface area (Å²) in [4.78, 5) is 17.5.